The van der Waals surface area contributed by atoms with Gasteiger partial charge in [0.2, 0.25) is 21.8 Å². The average molecular weight is 558 g/mol. The van der Waals surface area contributed by atoms with E-state index < -0.39 is 28.5 Å². The summed E-state index contributed by atoms with van der Waals surface area (Å²) in [6.07, 6.45) is 1.27. The standard InChI is InChI=1S/C28H32ClN3O5S/c1-20-10-8-9-13-22(20)18-31(25(28(34)30-2)16-21-11-6-5-7-12-21)27(33)19-32(38(4,35)36)23-14-15-26(37-3)24(29)17-23/h5-15,17,25H,16,18-19H2,1-4H3,(H,30,34). The molecule has 0 radical (unpaired) electrons. The van der Waals surface area contributed by atoms with Crippen molar-refractivity contribution in [3.8, 4) is 5.75 Å². The maximum absolute atomic E-state index is 13.9. The third-order valence-corrected chi connectivity index (χ3v) is 7.66. The highest BCUT2D eigenvalue weighted by Crippen LogP contribution is 2.30. The molecule has 0 heterocycles. The van der Waals surface area contributed by atoms with Crippen LogP contribution in [0.3, 0.4) is 0 Å². The molecule has 1 unspecified atom stereocenters. The highest BCUT2D eigenvalue weighted by Gasteiger charge is 2.33. The van der Waals surface area contributed by atoms with Gasteiger partial charge < -0.3 is 15.0 Å². The first-order chi connectivity index (χ1) is 18.0. The van der Waals surface area contributed by atoms with Crippen LogP contribution in [-0.4, -0.2) is 58.1 Å². The molecule has 2 amide bonds. The molecule has 0 fully saturated rings. The zero-order chi connectivity index (χ0) is 27.9. The summed E-state index contributed by atoms with van der Waals surface area (Å²) in [6, 6.07) is 20.5. The van der Waals surface area contributed by atoms with Gasteiger partial charge in [0.15, 0.2) is 0 Å². The topological polar surface area (TPSA) is 96.0 Å². The van der Waals surface area contributed by atoms with Crippen molar-refractivity contribution >= 4 is 39.1 Å². The number of amides is 2. The fourth-order valence-corrected chi connectivity index (χ4v) is 5.21. The van der Waals surface area contributed by atoms with Crippen molar-refractivity contribution in [1.29, 1.82) is 0 Å². The summed E-state index contributed by atoms with van der Waals surface area (Å²) in [4.78, 5) is 28.5. The Morgan fingerprint density at radius 1 is 1.03 bits per heavy atom. The van der Waals surface area contributed by atoms with Crippen LogP contribution in [0.25, 0.3) is 0 Å². The van der Waals surface area contributed by atoms with Gasteiger partial charge in [0, 0.05) is 20.0 Å². The van der Waals surface area contributed by atoms with E-state index in [1.54, 1.807) is 0 Å². The van der Waals surface area contributed by atoms with Gasteiger partial charge in [-0.2, -0.15) is 0 Å². The van der Waals surface area contributed by atoms with Crippen LogP contribution >= 0.6 is 11.6 Å². The summed E-state index contributed by atoms with van der Waals surface area (Å²) >= 11 is 6.25. The molecule has 202 valence electrons. The van der Waals surface area contributed by atoms with Crippen molar-refractivity contribution < 1.29 is 22.7 Å². The Labute approximate surface area is 229 Å². The number of hydrogen-bond donors (Lipinski definition) is 1. The Kier molecular flexibility index (Phi) is 9.77. The van der Waals surface area contributed by atoms with Crippen LogP contribution in [0.2, 0.25) is 5.02 Å². The van der Waals surface area contributed by atoms with Gasteiger partial charge in [-0.05, 0) is 41.8 Å². The molecule has 38 heavy (non-hydrogen) atoms. The summed E-state index contributed by atoms with van der Waals surface area (Å²) < 4.78 is 31.8. The smallest absolute Gasteiger partial charge is 0.244 e. The Balaban J connectivity index is 2.04. The van der Waals surface area contributed by atoms with Crippen molar-refractivity contribution in [2.24, 2.45) is 0 Å². The second-order valence-corrected chi connectivity index (χ2v) is 11.2. The summed E-state index contributed by atoms with van der Waals surface area (Å²) in [5.74, 6) is -0.511. The number of aryl methyl sites for hydroxylation is 1. The number of carbonyl (C=O) groups excluding carboxylic acids is 2. The molecule has 0 saturated heterocycles. The van der Waals surface area contributed by atoms with Crippen molar-refractivity contribution in [3.05, 3.63) is 94.5 Å². The number of ether oxygens (including phenoxy) is 1. The van der Waals surface area contributed by atoms with E-state index in [2.05, 4.69) is 5.32 Å². The van der Waals surface area contributed by atoms with Crippen LogP contribution < -0.4 is 14.4 Å². The quantitative estimate of drug-likeness (QED) is 0.387. The largest absolute Gasteiger partial charge is 0.495 e. The number of benzene rings is 3. The molecule has 0 saturated carbocycles. The lowest BCUT2D eigenvalue weighted by molar-refractivity contribution is -0.139. The lowest BCUT2D eigenvalue weighted by Crippen LogP contribution is -2.53. The highest BCUT2D eigenvalue weighted by atomic mass is 35.5. The number of hydrogen-bond acceptors (Lipinski definition) is 5. The second kappa shape index (κ2) is 12.8. The number of methoxy groups -OCH3 is 1. The molecule has 0 aliphatic heterocycles. The summed E-state index contributed by atoms with van der Waals surface area (Å²) in [5, 5.41) is 2.86. The van der Waals surface area contributed by atoms with Crippen LogP contribution in [0.15, 0.2) is 72.8 Å². The average Bonchev–Trinajstić information content (AvgIpc) is 2.89. The zero-order valence-electron chi connectivity index (χ0n) is 21.8. The normalized spacial score (nSPS) is 11.9. The van der Waals surface area contributed by atoms with Gasteiger partial charge in [-0.3, -0.25) is 13.9 Å². The summed E-state index contributed by atoms with van der Waals surface area (Å²) in [5.41, 5.74) is 2.87. The SMILES string of the molecule is CNC(=O)C(Cc1ccccc1)N(Cc1ccccc1C)C(=O)CN(c1ccc(OC)c(Cl)c1)S(C)(=O)=O. The highest BCUT2D eigenvalue weighted by molar-refractivity contribution is 7.92. The van der Waals surface area contributed by atoms with Crippen molar-refractivity contribution in [2.45, 2.75) is 25.9 Å². The van der Waals surface area contributed by atoms with Gasteiger partial charge in [-0.15, -0.1) is 0 Å². The molecule has 8 nitrogen and oxygen atoms in total. The molecule has 3 aromatic carbocycles. The molecular formula is C28H32ClN3O5S. The molecule has 10 heteroatoms. The minimum atomic E-state index is -3.89. The molecule has 0 aliphatic carbocycles. The molecule has 3 aromatic rings. The van der Waals surface area contributed by atoms with Gasteiger partial charge in [0.1, 0.15) is 18.3 Å². The lowest BCUT2D eigenvalue weighted by Gasteiger charge is -2.33. The predicted molar refractivity (Wildman–Crippen MR) is 150 cm³/mol. The molecule has 3 rings (SSSR count). The second-order valence-electron chi connectivity index (χ2n) is 8.86. The first kappa shape index (κ1) is 29.0. The van der Waals surface area contributed by atoms with Gasteiger partial charge in [0.05, 0.1) is 24.1 Å². The van der Waals surface area contributed by atoms with E-state index >= 15 is 0 Å². The number of nitrogens with zero attached hydrogens (tertiary/aromatic N) is 2. The first-order valence-electron chi connectivity index (χ1n) is 12.0. The van der Waals surface area contributed by atoms with E-state index in [1.165, 1.54) is 37.3 Å². The summed E-state index contributed by atoms with van der Waals surface area (Å²) in [6.45, 7) is 1.53. The minimum Gasteiger partial charge on any atom is -0.495 e. The molecule has 0 spiro atoms. The van der Waals surface area contributed by atoms with Crippen LogP contribution in [0.4, 0.5) is 5.69 Å². The number of halogens is 1. The first-order valence-corrected chi connectivity index (χ1v) is 14.2. The minimum absolute atomic E-state index is 0.122. The number of carbonyl (C=O) groups is 2. The van der Waals surface area contributed by atoms with Crippen LogP contribution in [0, 0.1) is 6.92 Å². The van der Waals surface area contributed by atoms with Crippen molar-refractivity contribution in [1.82, 2.24) is 10.2 Å². The van der Waals surface area contributed by atoms with E-state index in [1.807, 2.05) is 61.5 Å². The van der Waals surface area contributed by atoms with Crippen LogP contribution in [0.5, 0.6) is 5.75 Å². The maximum Gasteiger partial charge on any atom is 0.244 e. The van der Waals surface area contributed by atoms with E-state index in [0.717, 1.165) is 27.3 Å². The fourth-order valence-electron chi connectivity index (χ4n) is 4.12. The van der Waals surface area contributed by atoms with E-state index in [0.29, 0.717) is 5.75 Å². The van der Waals surface area contributed by atoms with Crippen molar-refractivity contribution in [3.63, 3.8) is 0 Å². The maximum atomic E-state index is 13.9. The molecule has 0 bridgehead atoms. The number of anilines is 1. The third kappa shape index (κ3) is 7.26. The van der Waals surface area contributed by atoms with E-state index in [4.69, 9.17) is 16.3 Å². The Morgan fingerprint density at radius 3 is 2.26 bits per heavy atom. The van der Waals surface area contributed by atoms with Crippen LogP contribution in [-0.2, 0) is 32.6 Å². The monoisotopic (exact) mass is 557 g/mol. The number of nitrogens with one attached hydrogen (secondary N) is 1. The summed E-state index contributed by atoms with van der Waals surface area (Å²) in [7, 11) is -0.923. The molecule has 0 aliphatic rings. The van der Waals surface area contributed by atoms with Gasteiger partial charge in [-0.1, -0.05) is 66.2 Å². The number of rotatable bonds is 11. The zero-order valence-corrected chi connectivity index (χ0v) is 23.4. The van der Waals surface area contributed by atoms with Gasteiger partial charge in [0.25, 0.3) is 0 Å². The Morgan fingerprint density at radius 2 is 1.68 bits per heavy atom. The van der Waals surface area contributed by atoms with Crippen molar-refractivity contribution in [2.75, 3.05) is 31.3 Å². The number of sulfonamides is 1. The van der Waals surface area contributed by atoms with Crippen LogP contribution in [0.1, 0.15) is 16.7 Å². The fraction of sp³-hybridized carbons (Fsp3) is 0.286. The predicted octanol–water partition coefficient (Wildman–Crippen LogP) is 3.81. The lowest BCUT2D eigenvalue weighted by atomic mass is 10.0. The molecule has 1 N–H and O–H groups in total. The Bertz CT molecular complexity index is 1380. The number of likely N-dealkylation sites (N-methyl/N-ethyl adjacent to an activating group) is 1. The van der Waals surface area contributed by atoms with Gasteiger partial charge >= 0.3 is 0 Å². The van der Waals surface area contributed by atoms with E-state index in [-0.39, 0.29) is 29.6 Å². The van der Waals surface area contributed by atoms with Gasteiger partial charge in [-0.25, -0.2) is 8.42 Å². The molecule has 0 aromatic heterocycles. The Hall–Kier alpha value is -3.56. The third-order valence-electron chi connectivity index (χ3n) is 6.22. The van der Waals surface area contributed by atoms with E-state index in [9.17, 15) is 18.0 Å². The molecule has 1 atom stereocenters. The molecular weight excluding hydrogens is 526 g/mol.